The maximum absolute atomic E-state index is 2.47. The van der Waals surface area contributed by atoms with Crippen LogP contribution >= 0.6 is 0 Å². The number of rotatable bonds is 10. The first-order valence-corrected chi connectivity index (χ1v) is 18.3. The van der Waals surface area contributed by atoms with Crippen molar-refractivity contribution in [1.29, 1.82) is 0 Å². The van der Waals surface area contributed by atoms with Gasteiger partial charge in [-0.1, -0.05) is 0 Å². The van der Waals surface area contributed by atoms with Crippen LogP contribution in [0.15, 0.2) is 48.5 Å². The van der Waals surface area contributed by atoms with Gasteiger partial charge in [-0.2, -0.15) is 0 Å². The van der Waals surface area contributed by atoms with Crippen LogP contribution in [0.25, 0.3) is 0 Å². The predicted molar refractivity (Wildman–Crippen MR) is 130 cm³/mol. The summed E-state index contributed by atoms with van der Waals surface area (Å²) in [5, 5.41) is 3.44. The summed E-state index contributed by atoms with van der Waals surface area (Å²) in [6.45, 7) is 14.6. The summed E-state index contributed by atoms with van der Waals surface area (Å²) in [7, 11) is -2.82. The summed E-state index contributed by atoms with van der Waals surface area (Å²) in [5.41, 5.74) is 3.18. The van der Waals surface area contributed by atoms with Gasteiger partial charge in [0.15, 0.2) is 0 Å². The SMILES string of the molecule is CC[Si](CC)(CC)c1ccccc1[C](=[Hf+2])c1ccccc1[Si](CC)(CC)CC. The van der Waals surface area contributed by atoms with E-state index >= 15 is 0 Å². The first-order chi connectivity index (χ1) is 13.5. The monoisotopic (exact) mass is 574 g/mol. The second-order valence-corrected chi connectivity index (χ2v) is 20.4. The Hall–Kier alpha value is -0.386. The molecule has 2 aromatic rings. The number of benzene rings is 2. The number of hydrogen-bond acceptors (Lipinski definition) is 0. The molecule has 0 radical (unpaired) electrons. The average molecular weight is 573 g/mol. The third-order valence-electron chi connectivity index (χ3n) is 7.60. The molecule has 0 aliphatic heterocycles. The Kier molecular flexibility index (Phi) is 9.03. The van der Waals surface area contributed by atoms with E-state index in [1.165, 1.54) is 36.3 Å². The Bertz CT molecular complexity index is 707. The Balaban J connectivity index is 2.68. The zero-order valence-corrected chi connectivity index (χ0v) is 24.5. The van der Waals surface area contributed by atoms with Crippen LogP contribution in [0.1, 0.15) is 52.7 Å². The molecular weight excluding hydrogens is 535 g/mol. The van der Waals surface area contributed by atoms with Gasteiger partial charge in [0.1, 0.15) is 0 Å². The quantitative estimate of drug-likeness (QED) is 0.296. The zero-order chi connectivity index (χ0) is 20.8. The molecule has 148 valence electrons. The number of hydrogen-bond donors (Lipinski definition) is 0. The molecule has 2 aromatic carbocycles. The Morgan fingerprint density at radius 1 is 0.571 bits per heavy atom. The van der Waals surface area contributed by atoms with Gasteiger partial charge in [-0.15, -0.1) is 0 Å². The molecule has 0 bridgehead atoms. The van der Waals surface area contributed by atoms with Crippen molar-refractivity contribution in [3.8, 4) is 0 Å². The Morgan fingerprint density at radius 2 is 0.857 bits per heavy atom. The van der Waals surface area contributed by atoms with Gasteiger partial charge in [0.25, 0.3) is 0 Å². The van der Waals surface area contributed by atoms with Gasteiger partial charge in [-0.3, -0.25) is 0 Å². The van der Waals surface area contributed by atoms with Crippen molar-refractivity contribution in [2.75, 3.05) is 0 Å². The van der Waals surface area contributed by atoms with Gasteiger partial charge in [0.2, 0.25) is 0 Å². The zero-order valence-electron chi connectivity index (χ0n) is 18.9. The van der Waals surface area contributed by atoms with Crippen molar-refractivity contribution in [3.63, 3.8) is 0 Å². The summed E-state index contributed by atoms with van der Waals surface area (Å²) >= 11 is 1.11. The fourth-order valence-electron chi connectivity index (χ4n) is 5.11. The van der Waals surface area contributed by atoms with Crippen LogP contribution in [0, 0.1) is 0 Å². The van der Waals surface area contributed by atoms with Crippen LogP contribution < -0.4 is 10.4 Å². The molecule has 0 aliphatic rings. The third kappa shape index (κ3) is 4.37. The molecule has 0 saturated carbocycles. The van der Waals surface area contributed by atoms with Crippen molar-refractivity contribution in [2.45, 2.75) is 77.8 Å². The average Bonchev–Trinajstić information content (AvgIpc) is 2.77. The van der Waals surface area contributed by atoms with Gasteiger partial charge in [-0.25, -0.2) is 0 Å². The van der Waals surface area contributed by atoms with Crippen LogP contribution in [-0.2, 0) is 23.9 Å². The fraction of sp³-hybridized carbons (Fsp3) is 0.480. The van der Waals surface area contributed by atoms with E-state index in [1.807, 2.05) is 0 Å². The van der Waals surface area contributed by atoms with E-state index in [0.717, 1.165) is 23.9 Å². The van der Waals surface area contributed by atoms with Crippen LogP contribution in [0.4, 0.5) is 0 Å². The topological polar surface area (TPSA) is 0 Å². The van der Waals surface area contributed by atoms with E-state index in [1.54, 1.807) is 24.8 Å². The van der Waals surface area contributed by atoms with E-state index in [2.05, 4.69) is 90.1 Å². The van der Waals surface area contributed by atoms with Crippen molar-refractivity contribution in [3.05, 3.63) is 59.7 Å². The molecule has 3 heteroatoms. The van der Waals surface area contributed by atoms with Crippen LogP contribution in [0.3, 0.4) is 0 Å². The van der Waals surface area contributed by atoms with Crippen molar-refractivity contribution in [1.82, 2.24) is 0 Å². The standard InChI is InChI=1S/C25H38Si2.Hf/c1-7-26(8-2,9-3)24-19-15-13-17-22(24)21-23-18-14-16-20-25(23)27(10-4,11-5)12-6;/h13-20H,7-12H2,1-6H3;/q;+2. The molecule has 0 spiro atoms. The molecule has 0 N–H and O–H groups in total. The molecule has 0 aliphatic carbocycles. The molecule has 0 atom stereocenters. The minimum absolute atomic E-state index is 1.11. The van der Waals surface area contributed by atoms with E-state index in [-0.39, 0.29) is 0 Å². The Morgan fingerprint density at radius 3 is 1.14 bits per heavy atom. The molecular formula is C25H38HfSi2+2. The molecule has 0 amide bonds. The van der Waals surface area contributed by atoms with Gasteiger partial charge in [-0.05, 0) is 0 Å². The maximum atomic E-state index is 2.47. The molecule has 28 heavy (non-hydrogen) atoms. The fourth-order valence-corrected chi connectivity index (χ4v) is 15.3. The first-order valence-electron chi connectivity index (χ1n) is 11.3. The first kappa shape index (κ1) is 23.9. The van der Waals surface area contributed by atoms with E-state index in [4.69, 9.17) is 0 Å². The van der Waals surface area contributed by atoms with Crippen molar-refractivity contribution in [2.24, 2.45) is 0 Å². The normalized spacial score (nSPS) is 12.3. The molecule has 0 saturated heterocycles. The summed E-state index contributed by atoms with van der Waals surface area (Å²) in [6, 6.07) is 27.0. The van der Waals surface area contributed by atoms with Gasteiger partial charge in [0.05, 0.1) is 0 Å². The molecule has 0 fully saturated rings. The molecule has 0 unspecified atom stereocenters. The molecule has 0 aromatic heterocycles. The van der Waals surface area contributed by atoms with E-state index < -0.39 is 16.1 Å². The van der Waals surface area contributed by atoms with Crippen LogP contribution in [0.2, 0.25) is 36.3 Å². The Labute approximate surface area is 190 Å². The summed E-state index contributed by atoms with van der Waals surface area (Å²) in [5.74, 6) is 0. The summed E-state index contributed by atoms with van der Waals surface area (Å²) in [6.07, 6.45) is 0. The molecule has 0 nitrogen and oxygen atoms in total. The second kappa shape index (κ2) is 10.6. The van der Waals surface area contributed by atoms with Crippen molar-refractivity contribution >= 4 is 29.8 Å². The van der Waals surface area contributed by atoms with Gasteiger partial charge < -0.3 is 0 Å². The summed E-state index contributed by atoms with van der Waals surface area (Å²) < 4.78 is 1.64. The van der Waals surface area contributed by atoms with E-state index in [9.17, 15) is 0 Å². The third-order valence-corrected chi connectivity index (χ3v) is 20.8. The molecule has 2 rings (SSSR count). The van der Waals surface area contributed by atoms with Gasteiger partial charge in [0, 0.05) is 0 Å². The second-order valence-electron chi connectivity index (χ2n) is 8.15. The van der Waals surface area contributed by atoms with Crippen LogP contribution in [0.5, 0.6) is 0 Å². The van der Waals surface area contributed by atoms with E-state index in [0.29, 0.717) is 0 Å². The summed E-state index contributed by atoms with van der Waals surface area (Å²) in [4.78, 5) is 0. The van der Waals surface area contributed by atoms with Gasteiger partial charge >= 0.3 is 191 Å². The predicted octanol–water partition coefficient (Wildman–Crippen LogP) is 6.23. The van der Waals surface area contributed by atoms with Crippen molar-refractivity contribution < 1.29 is 23.9 Å². The minimum atomic E-state index is -1.41. The molecule has 0 heterocycles. The van der Waals surface area contributed by atoms with Crippen LogP contribution in [-0.4, -0.2) is 19.4 Å².